The first-order valence-corrected chi connectivity index (χ1v) is 6.61. The van der Waals surface area contributed by atoms with Crippen LogP contribution in [0.15, 0.2) is 54.6 Å². The second-order valence-corrected chi connectivity index (χ2v) is 4.62. The Balaban J connectivity index is 1.90. The first kappa shape index (κ1) is 13.5. The summed E-state index contributed by atoms with van der Waals surface area (Å²) in [5, 5.41) is 10.1. The van der Waals surface area contributed by atoms with Crippen molar-refractivity contribution in [3.05, 3.63) is 54.6 Å². The van der Waals surface area contributed by atoms with Gasteiger partial charge in [0.05, 0.1) is 12.6 Å². The molecule has 0 aliphatic heterocycles. The van der Waals surface area contributed by atoms with Gasteiger partial charge in [0.2, 0.25) is 5.88 Å². The molecule has 0 amide bonds. The Hall–Kier alpha value is -2.53. The highest BCUT2D eigenvalue weighted by molar-refractivity contribution is 6.45. The third-order valence-corrected chi connectivity index (χ3v) is 3.17. The van der Waals surface area contributed by atoms with Gasteiger partial charge in [-0.05, 0) is 29.7 Å². The fraction of sp³-hybridized carbons (Fsp3) is 0.0625. The van der Waals surface area contributed by atoms with E-state index in [1.165, 1.54) is 0 Å². The van der Waals surface area contributed by atoms with E-state index in [9.17, 15) is 0 Å². The standard InChI is InChI=1S/C16H14BNO3/c1-20-13-3-2-4-14(10-13)21-16-8-5-11-9-12(17-19)6-7-15(11)18-16/h2-10,17,19H,1H3. The molecule has 0 spiro atoms. The summed E-state index contributed by atoms with van der Waals surface area (Å²) in [5.74, 6) is 1.93. The van der Waals surface area contributed by atoms with Gasteiger partial charge in [0.15, 0.2) is 0 Å². The van der Waals surface area contributed by atoms with Crippen LogP contribution in [0.25, 0.3) is 10.9 Å². The second-order valence-electron chi connectivity index (χ2n) is 4.62. The average molecular weight is 279 g/mol. The molecule has 2 aromatic carbocycles. The number of ether oxygens (including phenoxy) is 2. The molecule has 0 saturated heterocycles. The van der Waals surface area contributed by atoms with Crippen molar-refractivity contribution in [3.63, 3.8) is 0 Å². The summed E-state index contributed by atoms with van der Waals surface area (Å²) in [5.41, 5.74) is 1.69. The van der Waals surface area contributed by atoms with Crippen molar-refractivity contribution in [3.8, 4) is 17.4 Å². The van der Waals surface area contributed by atoms with Crippen molar-refractivity contribution in [2.24, 2.45) is 0 Å². The Labute approximate surface area is 123 Å². The number of benzene rings is 2. The van der Waals surface area contributed by atoms with E-state index in [1.54, 1.807) is 13.2 Å². The topological polar surface area (TPSA) is 51.6 Å². The van der Waals surface area contributed by atoms with E-state index in [4.69, 9.17) is 14.5 Å². The third kappa shape index (κ3) is 2.98. The van der Waals surface area contributed by atoms with Crippen molar-refractivity contribution < 1.29 is 14.5 Å². The van der Waals surface area contributed by atoms with Crippen LogP contribution in [0.3, 0.4) is 0 Å². The molecule has 0 radical (unpaired) electrons. The van der Waals surface area contributed by atoms with Gasteiger partial charge in [-0.2, -0.15) is 0 Å². The highest BCUT2D eigenvalue weighted by atomic mass is 16.5. The molecular formula is C16H14BNO3. The fourth-order valence-corrected chi connectivity index (χ4v) is 2.10. The van der Waals surface area contributed by atoms with Gasteiger partial charge in [-0.1, -0.05) is 23.7 Å². The first-order valence-electron chi connectivity index (χ1n) is 6.61. The van der Waals surface area contributed by atoms with Crippen molar-refractivity contribution in [1.82, 2.24) is 4.98 Å². The van der Waals surface area contributed by atoms with Gasteiger partial charge in [-0.25, -0.2) is 4.98 Å². The minimum absolute atomic E-state index is 0.0258. The third-order valence-electron chi connectivity index (χ3n) is 3.17. The van der Waals surface area contributed by atoms with Gasteiger partial charge in [0.25, 0.3) is 0 Å². The number of fused-ring (bicyclic) bond motifs is 1. The SMILES string of the molecule is COc1cccc(Oc2ccc3cc(BO)ccc3n2)c1. The van der Waals surface area contributed by atoms with E-state index < -0.39 is 0 Å². The lowest BCUT2D eigenvalue weighted by Gasteiger charge is -2.07. The minimum Gasteiger partial charge on any atom is -0.497 e. The molecule has 0 aliphatic rings. The molecule has 0 bridgehead atoms. The highest BCUT2D eigenvalue weighted by Gasteiger charge is 2.03. The molecule has 5 heteroatoms. The molecule has 21 heavy (non-hydrogen) atoms. The van der Waals surface area contributed by atoms with Crippen molar-refractivity contribution in [1.29, 1.82) is 0 Å². The molecule has 0 saturated carbocycles. The Morgan fingerprint density at radius 2 is 1.86 bits per heavy atom. The lowest BCUT2D eigenvalue weighted by Crippen LogP contribution is -2.12. The maximum atomic E-state index is 9.14. The van der Waals surface area contributed by atoms with Crippen LogP contribution >= 0.6 is 0 Å². The molecule has 1 aromatic heterocycles. The normalized spacial score (nSPS) is 10.4. The number of nitrogens with zero attached hydrogens (tertiary/aromatic N) is 1. The molecule has 0 unspecified atom stereocenters. The zero-order chi connectivity index (χ0) is 14.7. The predicted molar refractivity (Wildman–Crippen MR) is 83.8 cm³/mol. The minimum atomic E-state index is 0.0258. The summed E-state index contributed by atoms with van der Waals surface area (Å²) < 4.78 is 10.9. The molecular weight excluding hydrogens is 265 g/mol. The van der Waals surface area contributed by atoms with Crippen LogP contribution in [0.4, 0.5) is 0 Å². The van der Waals surface area contributed by atoms with E-state index in [0.717, 1.165) is 22.1 Å². The Bertz CT molecular complexity index is 776. The Kier molecular flexibility index (Phi) is 3.75. The van der Waals surface area contributed by atoms with Gasteiger partial charge in [-0.15, -0.1) is 0 Å². The van der Waals surface area contributed by atoms with Crippen LogP contribution in [0.1, 0.15) is 0 Å². The summed E-state index contributed by atoms with van der Waals surface area (Å²) >= 11 is 0. The highest BCUT2D eigenvalue weighted by Crippen LogP contribution is 2.25. The molecule has 4 nitrogen and oxygen atoms in total. The maximum Gasteiger partial charge on any atom is 0.304 e. The fourth-order valence-electron chi connectivity index (χ4n) is 2.10. The van der Waals surface area contributed by atoms with E-state index in [2.05, 4.69) is 4.98 Å². The average Bonchev–Trinajstić information content (AvgIpc) is 2.54. The summed E-state index contributed by atoms with van der Waals surface area (Å²) in [6.07, 6.45) is 0. The van der Waals surface area contributed by atoms with Crippen molar-refractivity contribution in [2.75, 3.05) is 7.11 Å². The first-order chi connectivity index (χ1) is 10.3. The number of hydrogen-bond donors (Lipinski definition) is 1. The van der Waals surface area contributed by atoms with Crippen LogP contribution in [-0.2, 0) is 0 Å². The molecule has 104 valence electrons. The molecule has 0 aliphatic carbocycles. The maximum absolute atomic E-state index is 9.14. The Morgan fingerprint density at radius 1 is 1.00 bits per heavy atom. The smallest absolute Gasteiger partial charge is 0.304 e. The van der Waals surface area contributed by atoms with Crippen LogP contribution < -0.4 is 14.9 Å². The van der Waals surface area contributed by atoms with E-state index >= 15 is 0 Å². The summed E-state index contributed by atoms with van der Waals surface area (Å²) in [7, 11) is 1.64. The van der Waals surface area contributed by atoms with E-state index in [0.29, 0.717) is 11.6 Å². The number of hydrogen-bond acceptors (Lipinski definition) is 4. The van der Waals surface area contributed by atoms with Crippen LogP contribution in [0.2, 0.25) is 0 Å². The van der Waals surface area contributed by atoms with E-state index in [-0.39, 0.29) is 7.48 Å². The van der Waals surface area contributed by atoms with E-state index in [1.807, 2.05) is 48.5 Å². The van der Waals surface area contributed by atoms with Crippen LogP contribution in [0, 0.1) is 0 Å². The Morgan fingerprint density at radius 3 is 2.67 bits per heavy atom. The largest absolute Gasteiger partial charge is 0.497 e. The molecule has 0 atom stereocenters. The van der Waals surface area contributed by atoms with Crippen LogP contribution in [0.5, 0.6) is 17.4 Å². The molecule has 3 rings (SSSR count). The van der Waals surface area contributed by atoms with Gasteiger partial charge in [-0.3, -0.25) is 0 Å². The summed E-state index contributed by atoms with van der Waals surface area (Å²) in [6, 6.07) is 16.8. The van der Waals surface area contributed by atoms with Crippen LogP contribution in [-0.4, -0.2) is 24.6 Å². The molecule has 0 fully saturated rings. The lowest BCUT2D eigenvalue weighted by atomic mass is 9.88. The number of methoxy groups -OCH3 is 1. The van der Waals surface area contributed by atoms with Gasteiger partial charge in [0.1, 0.15) is 11.5 Å². The summed E-state index contributed by atoms with van der Waals surface area (Å²) in [4.78, 5) is 4.46. The quantitative estimate of drug-likeness (QED) is 0.742. The second kappa shape index (κ2) is 5.85. The zero-order valence-corrected chi connectivity index (χ0v) is 11.6. The van der Waals surface area contributed by atoms with Crippen molar-refractivity contribution >= 4 is 23.8 Å². The molecule has 1 heterocycles. The summed E-state index contributed by atoms with van der Waals surface area (Å²) in [6.45, 7) is 0. The lowest BCUT2D eigenvalue weighted by molar-refractivity contribution is 0.407. The molecule has 3 aromatic rings. The predicted octanol–water partition coefficient (Wildman–Crippen LogP) is 2.00. The number of rotatable bonds is 4. The monoisotopic (exact) mass is 279 g/mol. The van der Waals surface area contributed by atoms with Gasteiger partial charge < -0.3 is 14.5 Å². The van der Waals surface area contributed by atoms with Gasteiger partial charge >= 0.3 is 7.48 Å². The molecule has 1 N–H and O–H groups in total. The number of aromatic nitrogens is 1. The van der Waals surface area contributed by atoms with Gasteiger partial charge in [0, 0.05) is 12.1 Å². The zero-order valence-electron chi connectivity index (χ0n) is 11.6. The number of pyridine rings is 1. The van der Waals surface area contributed by atoms with Crippen molar-refractivity contribution in [2.45, 2.75) is 0 Å².